The SMILES string of the molecule is CCC(C)C(NC(=O)C(CCC(N)=O)NC(=O)C(N)Cc1c[nH]c2ccccc12)C(=O)N1CCCC1C(=O)O. The normalized spacial score (nSPS) is 18.2. The molecule has 212 valence electrons. The van der Waals surface area contributed by atoms with Crippen LogP contribution in [0.3, 0.4) is 0 Å². The smallest absolute Gasteiger partial charge is 0.326 e. The summed E-state index contributed by atoms with van der Waals surface area (Å²) in [6.07, 6.45) is 3.15. The number of carbonyl (C=O) groups is 5. The average molecular weight is 543 g/mol. The van der Waals surface area contributed by atoms with E-state index in [0.29, 0.717) is 19.3 Å². The average Bonchev–Trinajstić information content (AvgIpc) is 3.56. The van der Waals surface area contributed by atoms with Crippen LogP contribution in [0, 0.1) is 5.92 Å². The number of H-pyrrole nitrogens is 1. The molecular formula is C27H38N6O6. The molecule has 0 bridgehead atoms. The van der Waals surface area contributed by atoms with Gasteiger partial charge in [-0.2, -0.15) is 0 Å². The lowest BCUT2D eigenvalue weighted by atomic mass is 9.96. The van der Waals surface area contributed by atoms with Crippen LogP contribution in [0.4, 0.5) is 0 Å². The number of benzene rings is 1. The van der Waals surface area contributed by atoms with E-state index >= 15 is 0 Å². The third-order valence-electron chi connectivity index (χ3n) is 7.36. The Morgan fingerprint density at radius 2 is 1.87 bits per heavy atom. The third kappa shape index (κ3) is 7.34. The zero-order chi connectivity index (χ0) is 28.7. The van der Waals surface area contributed by atoms with Gasteiger partial charge >= 0.3 is 5.97 Å². The van der Waals surface area contributed by atoms with Crippen LogP contribution in [0.25, 0.3) is 10.9 Å². The summed E-state index contributed by atoms with van der Waals surface area (Å²) < 4.78 is 0. The highest BCUT2D eigenvalue weighted by Gasteiger charge is 2.40. The van der Waals surface area contributed by atoms with Gasteiger partial charge in [0.2, 0.25) is 23.6 Å². The van der Waals surface area contributed by atoms with Crippen molar-refractivity contribution in [2.75, 3.05) is 6.54 Å². The number of amides is 4. The molecule has 39 heavy (non-hydrogen) atoms. The van der Waals surface area contributed by atoms with Crippen LogP contribution in [0.2, 0.25) is 0 Å². The summed E-state index contributed by atoms with van der Waals surface area (Å²) in [7, 11) is 0. The molecule has 3 rings (SSSR count). The van der Waals surface area contributed by atoms with E-state index in [0.717, 1.165) is 16.5 Å². The Labute approximate surface area is 226 Å². The maximum Gasteiger partial charge on any atom is 0.326 e. The molecule has 12 heteroatoms. The van der Waals surface area contributed by atoms with Crippen molar-refractivity contribution in [1.29, 1.82) is 0 Å². The minimum atomic E-state index is -1.17. The molecule has 0 aliphatic carbocycles. The number of nitrogens with zero attached hydrogens (tertiary/aromatic N) is 1. The first kappa shape index (κ1) is 29.6. The van der Waals surface area contributed by atoms with E-state index in [2.05, 4.69) is 15.6 Å². The second-order valence-electron chi connectivity index (χ2n) is 10.1. The fraction of sp³-hybridized carbons (Fsp3) is 0.519. The minimum absolute atomic E-state index is 0.0877. The fourth-order valence-corrected chi connectivity index (χ4v) is 4.87. The first-order valence-electron chi connectivity index (χ1n) is 13.3. The largest absolute Gasteiger partial charge is 0.480 e. The van der Waals surface area contributed by atoms with E-state index in [9.17, 15) is 29.1 Å². The Balaban J connectivity index is 1.73. The number of nitrogens with one attached hydrogen (secondary N) is 3. The molecule has 2 heterocycles. The number of carbonyl (C=O) groups excluding carboxylic acids is 4. The van der Waals surface area contributed by atoms with Crippen LogP contribution in [0.1, 0.15) is 51.5 Å². The van der Waals surface area contributed by atoms with E-state index in [-0.39, 0.29) is 31.7 Å². The molecular weight excluding hydrogens is 504 g/mol. The molecule has 1 aliphatic heterocycles. The second-order valence-corrected chi connectivity index (χ2v) is 10.1. The monoisotopic (exact) mass is 542 g/mol. The van der Waals surface area contributed by atoms with E-state index in [1.807, 2.05) is 31.2 Å². The van der Waals surface area contributed by atoms with E-state index < -0.39 is 53.8 Å². The first-order valence-corrected chi connectivity index (χ1v) is 13.3. The van der Waals surface area contributed by atoms with Crippen molar-refractivity contribution in [2.24, 2.45) is 17.4 Å². The highest BCUT2D eigenvalue weighted by atomic mass is 16.4. The van der Waals surface area contributed by atoms with Crippen molar-refractivity contribution < 1.29 is 29.1 Å². The van der Waals surface area contributed by atoms with Gasteiger partial charge in [0.1, 0.15) is 18.1 Å². The molecule has 2 aromatic rings. The molecule has 1 aliphatic rings. The van der Waals surface area contributed by atoms with Crippen LogP contribution < -0.4 is 22.1 Å². The predicted molar refractivity (Wildman–Crippen MR) is 144 cm³/mol. The van der Waals surface area contributed by atoms with E-state index in [1.54, 1.807) is 13.1 Å². The number of rotatable bonds is 13. The summed E-state index contributed by atoms with van der Waals surface area (Å²) in [6, 6.07) is 3.48. The number of hydrogen-bond donors (Lipinski definition) is 6. The van der Waals surface area contributed by atoms with Crippen LogP contribution in [-0.4, -0.2) is 75.3 Å². The van der Waals surface area contributed by atoms with Crippen molar-refractivity contribution in [3.8, 4) is 0 Å². The molecule has 8 N–H and O–H groups in total. The van der Waals surface area contributed by atoms with Crippen molar-refractivity contribution in [1.82, 2.24) is 20.5 Å². The summed E-state index contributed by atoms with van der Waals surface area (Å²) in [5, 5.41) is 15.8. The summed E-state index contributed by atoms with van der Waals surface area (Å²) in [5.41, 5.74) is 13.2. The summed E-state index contributed by atoms with van der Waals surface area (Å²) >= 11 is 0. The Kier molecular flexibility index (Phi) is 10.0. The van der Waals surface area contributed by atoms with Crippen LogP contribution in [-0.2, 0) is 30.4 Å². The van der Waals surface area contributed by atoms with Crippen molar-refractivity contribution >= 4 is 40.5 Å². The number of aromatic amines is 1. The molecule has 1 saturated heterocycles. The van der Waals surface area contributed by atoms with Gasteiger partial charge in [0, 0.05) is 30.1 Å². The van der Waals surface area contributed by atoms with Crippen LogP contribution in [0.15, 0.2) is 30.5 Å². The van der Waals surface area contributed by atoms with Gasteiger partial charge in [0.05, 0.1) is 6.04 Å². The number of carboxylic acid groups (broad SMARTS) is 1. The van der Waals surface area contributed by atoms with E-state index in [1.165, 1.54) is 4.90 Å². The molecule has 4 amide bonds. The molecule has 0 radical (unpaired) electrons. The lowest BCUT2D eigenvalue weighted by Gasteiger charge is -2.31. The lowest BCUT2D eigenvalue weighted by molar-refractivity contribution is -0.150. The predicted octanol–water partition coefficient (Wildman–Crippen LogP) is 0.395. The molecule has 5 atom stereocenters. The highest BCUT2D eigenvalue weighted by molar-refractivity contribution is 5.95. The summed E-state index contributed by atoms with van der Waals surface area (Å²) in [6.45, 7) is 3.91. The van der Waals surface area contributed by atoms with Crippen molar-refractivity contribution in [3.05, 3.63) is 36.0 Å². The molecule has 1 fully saturated rings. The first-order chi connectivity index (χ1) is 18.5. The van der Waals surface area contributed by atoms with Gasteiger partial charge in [-0.1, -0.05) is 38.5 Å². The Morgan fingerprint density at radius 3 is 2.54 bits per heavy atom. The number of hydrogen-bond acceptors (Lipinski definition) is 6. The fourth-order valence-electron chi connectivity index (χ4n) is 4.87. The number of likely N-dealkylation sites (tertiary alicyclic amines) is 1. The molecule has 5 unspecified atom stereocenters. The summed E-state index contributed by atoms with van der Waals surface area (Å²) in [5.74, 6) is -3.81. The molecule has 0 spiro atoms. The Bertz CT molecular complexity index is 1210. The molecule has 1 aromatic carbocycles. The highest BCUT2D eigenvalue weighted by Crippen LogP contribution is 2.22. The number of para-hydroxylation sites is 1. The standard InChI is InChI=1S/C27H38N6O6/c1-3-15(2)23(26(37)33-12-6-9-21(33)27(38)39)32-25(36)20(10-11-22(29)34)31-24(35)18(28)13-16-14-30-19-8-5-4-7-17(16)19/h4-5,7-8,14-15,18,20-21,23,30H,3,6,9-13,28H2,1-2H3,(H2,29,34)(H,31,35)(H,32,36)(H,38,39). The number of aromatic nitrogens is 1. The topological polar surface area (TPSA) is 201 Å². The quantitative estimate of drug-likeness (QED) is 0.210. The van der Waals surface area contributed by atoms with Gasteiger partial charge in [-0.3, -0.25) is 19.2 Å². The van der Waals surface area contributed by atoms with Crippen LogP contribution >= 0.6 is 0 Å². The lowest BCUT2D eigenvalue weighted by Crippen LogP contribution is -2.58. The zero-order valence-corrected chi connectivity index (χ0v) is 22.3. The number of aliphatic carboxylic acids is 1. The third-order valence-corrected chi connectivity index (χ3v) is 7.36. The second kappa shape index (κ2) is 13.2. The van der Waals surface area contributed by atoms with Gasteiger partial charge in [0.25, 0.3) is 0 Å². The molecule has 12 nitrogen and oxygen atoms in total. The van der Waals surface area contributed by atoms with Crippen LogP contribution in [0.5, 0.6) is 0 Å². The number of nitrogens with two attached hydrogens (primary N) is 2. The van der Waals surface area contributed by atoms with Crippen molar-refractivity contribution in [3.63, 3.8) is 0 Å². The van der Waals surface area contributed by atoms with Gasteiger partial charge in [-0.05, 0) is 43.2 Å². The van der Waals surface area contributed by atoms with Gasteiger partial charge in [-0.25, -0.2) is 4.79 Å². The minimum Gasteiger partial charge on any atom is -0.480 e. The number of primary amides is 1. The zero-order valence-electron chi connectivity index (χ0n) is 22.3. The number of carboxylic acids is 1. The molecule has 0 saturated carbocycles. The van der Waals surface area contributed by atoms with E-state index in [4.69, 9.17) is 11.5 Å². The summed E-state index contributed by atoms with van der Waals surface area (Å²) in [4.78, 5) is 67.3. The maximum absolute atomic E-state index is 13.4. The maximum atomic E-state index is 13.4. The molecule has 1 aromatic heterocycles. The van der Waals surface area contributed by atoms with Gasteiger partial charge in [0.15, 0.2) is 0 Å². The van der Waals surface area contributed by atoms with Gasteiger partial charge in [-0.15, -0.1) is 0 Å². The number of fused-ring (bicyclic) bond motifs is 1. The van der Waals surface area contributed by atoms with Gasteiger partial charge < -0.3 is 37.1 Å². The Hall–Kier alpha value is -3.93. The Morgan fingerprint density at radius 1 is 1.15 bits per heavy atom. The van der Waals surface area contributed by atoms with Crippen molar-refractivity contribution in [2.45, 2.75) is 76.5 Å².